The van der Waals surface area contributed by atoms with Crippen molar-refractivity contribution in [3.05, 3.63) is 58.8 Å². The van der Waals surface area contributed by atoms with E-state index in [-0.39, 0.29) is 28.3 Å². The summed E-state index contributed by atoms with van der Waals surface area (Å²) in [7, 11) is 0. The second-order valence-electron chi connectivity index (χ2n) is 11.5. The zero-order valence-corrected chi connectivity index (χ0v) is 21.7. The molecular weight excluding hydrogens is 531 g/mol. The fraction of sp³-hybridized carbons (Fsp3) is 0.481. The van der Waals surface area contributed by atoms with Crippen molar-refractivity contribution in [3.63, 3.8) is 0 Å². The number of fused-ring (bicyclic) bond motifs is 3. The monoisotopic (exact) mass is 555 g/mol. The molecule has 8 nitrogen and oxygen atoms in total. The first-order chi connectivity index (χ1) is 18.6. The summed E-state index contributed by atoms with van der Waals surface area (Å²) in [5.74, 6) is 1.88. The van der Waals surface area contributed by atoms with Crippen LogP contribution < -0.4 is 9.64 Å². The lowest BCUT2D eigenvalue weighted by Gasteiger charge is -2.59. The molecule has 0 unspecified atom stereocenters. The van der Waals surface area contributed by atoms with Crippen LogP contribution in [0, 0.1) is 22.2 Å². The van der Waals surface area contributed by atoms with E-state index in [1.54, 1.807) is 0 Å². The van der Waals surface area contributed by atoms with Crippen LogP contribution in [0.1, 0.15) is 48.8 Å². The number of hydrogen-bond acceptors (Lipinski definition) is 7. The van der Waals surface area contributed by atoms with Crippen molar-refractivity contribution in [1.82, 2.24) is 24.6 Å². The second-order valence-corrected chi connectivity index (χ2v) is 11.9. The molecule has 0 N–H and O–H groups in total. The van der Waals surface area contributed by atoms with Gasteiger partial charge in [0, 0.05) is 48.7 Å². The van der Waals surface area contributed by atoms with Gasteiger partial charge in [0.15, 0.2) is 17.4 Å². The molecule has 3 fully saturated rings. The van der Waals surface area contributed by atoms with Crippen LogP contribution in [0.5, 0.6) is 5.75 Å². The Hall–Kier alpha value is -3.36. The number of rotatable bonds is 5. The Labute approximate surface area is 228 Å². The van der Waals surface area contributed by atoms with Crippen LogP contribution in [0.4, 0.5) is 19.0 Å². The molecule has 7 rings (SSSR count). The number of nitrogens with zero attached hydrogens (tertiary/aromatic N) is 7. The molecule has 1 spiro atoms. The van der Waals surface area contributed by atoms with Crippen molar-refractivity contribution in [3.8, 4) is 17.5 Å². The highest BCUT2D eigenvalue weighted by atomic mass is 35.5. The molecular formula is C27H25ClF3N7O. The van der Waals surface area contributed by atoms with Gasteiger partial charge >= 0.3 is 6.36 Å². The highest BCUT2D eigenvalue weighted by Crippen LogP contribution is 2.57. The largest absolute Gasteiger partial charge is 0.573 e. The summed E-state index contributed by atoms with van der Waals surface area (Å²) in [5.41, 5.74) is 1.82. The molecule has 2 aliphatic carbocycles. The third-order valence-corrected chi connectivity index (χ3v) is 8.70. The fourth-order valence-electron chi connectivity index (χ4n) is 6.51. The Morgan fingerprint density at radius 2 is 1.92 bits per heavy atom. The van der Waals surface area contributed by atoms with Crippen LogP contribution in [0.2, 0.25) is 5.02 Å². The van der Waals surface area contributed by atoms with E-state index in [2.05, 4.69) is 35.5 Å². The van der Waals surface area contributed by atoms with Crippen LogP contribution in [-0.2, 0) is 13.1 Å². The normalized spacial score (nSPS) is 21.3. The number of aromatic nitrogens is 4. The number of nitriles is 1. The minimum absolute atomic E-state index is 0.00875. The summed E-state index contributed by atoms with van der Waals surface area (Å²) >= 11 is 6.37. The Morgan fingerprint density at radius 1 is 1.13 bits per heavy atom. The molecule has 4 aliphatic rings. The summed E-state index contributed by atoms with van der Waals surface area (Å²) < 4.78 is 44.9. The van der Waals surface area contributed by atoms with E-state index in [1.807, 2.05) is 23.1 Å². The van der Waals surface area contributed by atoms with Gasteiger partial charge in [0.25, 0.3) is 0 Å². The van der Waals surface area contributed by atoms with E-state index in [9.17, 15) is 18.4 Å². The predicted octanol–water partition coefficient (Wildman–Crippen LogP) is 5.22. The maximum Gasteiger partial charge on any atom is 0.573 e. The molecule has 0 radical (unpaired) electrons. The molecule has 12 heteroatoms. The van der Waals surface area contributed by atoms with E-state index in [4.69, 9.17) is 11.6 Å². The molecule has 4 heterocycles. The molecule has 1 saturated heterocycles. The SMILES string of the molecule is N#CC1(CN2Cc3cc(Cl)ccc3-n3c(nnc3C3CC4(C3)CN(c3ncccc3OC(F)(F)F)C4)C2)CC1. The highest BCUT2D eigenvalue weighted by Gasteiger charge is 2.55. The molecule has 3 aromatic rings. The Kier molecular flexibility index (Phi) is 5.42. The van der Waals surface area contributed by atoms with Gasteiger partial charge in [-0.05, 0) is 61.6 Å². The van der Waals surface area contributed by atoms with Crippen molar-refractivity contribution < 1.29 is 17.9 Å². The highest BCUT2D eigenvalue weighted by molar-refractivity contribution is 6.30. The lowest BCUT2D eigenvalue weighted by atomic mass is 9.57. The number of alkyl halides is 3. The average molecular weight is 556 g/mol. The number of anilines is 1. The van der Waals surface area contributed by atoms with E-state index >= 15 is 0 Å². The number of pyridine rings is 1. The smallest absolute Gasteiger partial charge is 0.402 e. The van der Waals surface area contributed by atoms with Gasteiger partial charge in [-0.2, -0.15) is 5.26 Å². The van der Waals surface area contributed by atoms with Crippen LogP contribution >= 0.6 is 11.6 Å². The number of ether oxygens (including phenoxy) is 1. The van der Waals surface area contributed by atoms with Gasteiger partial charge < -0.3 is 9.64 Å². The Bertz CT molecular complexity index is 1480. The van der Waals surface area contributed by atoms with Crippen molar-refractivity contribution in [2.75, 3.05) is 24.5 Å². The Morgan fingerprint density at radius 3 is 2.64 bits per heavy atom. The van der Waals surface area contributed by atoms with Gasteiger partial charge in [0.05, 0.1) is 23.7 Å². The van der Waals surface area contributed by atoms with Crippen LogP contribution in [0.3, 0.4) is 0 Å². The molecule has 2 saturated carbocycles. The zero-order chi connectivity index (χ0) is 27.0. The maximum atomic E-state index is 12.9. The molecule has 2 aromatic heterocycles. The Balaban J connectivity index is 1.10. The topological polar surface area (TPSA) is 83.1 Å². The van der Waals surface area contributed by atoms with Crippen molar-refractivity contribution in [2.45, 2.75) is 51.1 Å². The molecule has 2 aliphatic heterocycles. The third-order valence-electron chi connectivity index (χ3n) is 8.47. The summed E-state index contributed by atoms with van der Waals surface area (Å²) in [5, 5.41) is 19.5. The molecule has 39 heavy (non-hydrogen) atoms. The van der Waals surface area contributed by atoms with Crippen LogP contribution in [0.15, 0.2) is 36.5 Å². The summed E-state index contributed by atoms with van der Waals surface area (Å²) in [6, 6.07) is 11.1. The van der Waals surface area contributed by atoms with Gasteiger partial charge in [-0.3, -0.25) is 9.47 Å². The molecule has 1 aromatic carbocycles. The van der Waals surface area contributed by atoms with Crippen LogP contribution in [-0.4, -0.2) is 50.6 Å². The average Bonchev–Trinajstić information content (AvgIpc) is 3.52. The van der Waals surface area contributed by atoms with Gasteiger partial charge in [0.2, 0.25) is 0 Å². The standard InChI is InChI=1S/C27H25ClF3N7O/c28-19-3-4-20-17(8-19)11-36(14-25(13-32)5-6-25)12-22-34-35-23(38(20)22)18-9-26(10-18)15-37(16-26)24-21(2-1-7-33-24)39-27(29,30)31/h1-4,7-8,18H,5-6,9-12,14-16H2. The fourth-order valence-corrected chi connectivity index (χ4v) is 6.71. The minimum atomic E-state index is -4.77. The van der Waals surface area contributed by atoms with Gasteiger partial charge in [-0.25, -0.2) is 4.98 Å². The maximum absolute atomic E-state index is 12.9. The number of benzene rings is 1. The summed E-state index contributed by atoms with van der Waals surface area (Å²) in [6.45, 7) is 3.19. The quantitative estimate of drug-likeness (QED) is 0.427. The third kappa shape index (κ3) is 4.39. The summed E-state index contributed by atoms with van der Waals surface area (Å²) in [4.78, 5) is 8.27. The lowest BCUT2D eigenvalue weighted by molar-refractivity contribution is -0.274. The first-order valence-corrected chi connectivity index (χ1v) is 13.4. The van der Waals surface area contributed by atoms with E-state index in [0.717, 1.165) is 48.6 Å². The van der Waals surface area contributed by atoms with Crippen LogP contribution in [0.25, 0.3) is 5.69 Å². The molecule has 0 bridgehead atoms. The van der Waals surface area contributed by atoms with Gasteiger partial charge in [-0.15, -0.1) is 23.4 Å². The zero-order valence-electron chi connectivity index (χ0n) is 21.0. The first kappa shape index (κ1) is 24.7. The molecule has 0 amide bonds. The minimum Gasteiger partial charge on any atom is -0.402 e. The van der Waals surface area contributed by atoms with E-state index in [0.29, 0.717) is 37.7 Å². The van der Waals surface area contributed by atoms with Gasteiger partial charge in [-0.1, -0.05) is 11.6 Å². The van der Waals surface area contributed by atoms with Gasteiger partial charge in [0.1, 0.15) is 5.82 Å². The number of hydrogen-bond donors (Lipinski definition) is 0. The van der Waals surface area contributed by atoms with Crippen molar-refractivity contribution in [1.29, 1.82) is 5.26 Å². The second kappa shape index (κ2) is 8.57. The number of halogens is 4. The lowest BCUT2D eigenvalue weighted by Crippen LogP contribution is -2.62. The summed E-state index contributed by atoms with van der Waals surface area (Å²) in [6.07, 6.45) is 0.292. The van der Waals surface area contributed by atoms with E-state index in [1.165, 1.54) is 18.3 Å². The van der Waals surface area contributed by atoms with E-state index < -0.39 is 6.36 Å². The predicted molar refractivity (Wildman–Crippen MR) is 135 cm³/mol. The van der Waals surface area contributed by atoms with Crippen molar-refractivity contribution >= 4 is 17.4 Å². The molecule has 202 valence electrons. The molecule has 0 atom stereocenters. The first-order valence-electron chi connectivity index (χ1n) is 13.0. The van der Waals surface area contributed by atoms with Crippen molar-refractivity contribution in [2.24, 2.45) is 10.8 Å².